The second-order valence-corrected chi connectivity index (χ2v) is 9.97. The van der Waals surface area contributed by atoms with Crippen molar-refractivity contribution in [1.29, 1.82) is 0 Å². The Labute approximate surface area is 210 Å². The number of methoxy groups -OCH3 is 2. The third kappa shape index (κ3) is 6.40. The van der Waals surface area contributed by atoms with Gasteiger partial charge in [-0.1, -0.05) is 0 Å². The van der Waals surface area contributed by atoms with Crippen molar-refractivity contribution in [1.82, 2.24) is 0 Å². The number of hydrogen-bond acceptors (Lipinski definition) is 7. The molecule has 3 aromatic carbocycles. The lowest BCUT2D eigenvalue weighted by Crippen LogP contribution is -2.38. The lowest BCUT2D eigenvalue weighted by atomic mass is 10.2. The molecular formula is C25H28N2O6S2. The van der Waals surface area contributed by atoms with Gasteiger partial charge in [0.2, 0.25) is 5.91 Å². The Hall–Kier alpha value is -3.37. The Kier molecular flexibility index (Phi) is 8.89. The minimum atomic E-state index is -4.05. The maximum absolute atomic E-state index is 13.6. The summed E-state index contributed by atoms with van der Waals surface area (Å²) < 4.78 is 44.3. The third-order valence-electron chi connectivity index (χ3n) is 5.05. The number of thioether (sulfide) groups is 1. The van der Waals surface area contributed by atoms with Crippen LogP contribution in [0.2, 0.25) is 0 Å². The quantitative estimate of drug-likeness (QED) is 0.371. The van der Waals surface area contributed by atoms with Crippen molar-refractivity contribution in [3.8, 4) is 17.2 Å². The van der Waals surface area contributed by atoms with Crippen LogP contribution in [0, 0.1) is 0 Å². The zero-order valence-electron chi connectivity index (χ0n) is 20.0. The molecule has 0 spiro atoms. The molecule has 0 saturated heterocycles. The summed E-state index contributed by atoms with van der Waals surface area (Å²) in [6.07, 6.45) is 1.91. The Balaban J connectivity index is 1.96. The van der Waals surface area contributed by atoms with Gasteiger partial charge in [-0.15, -0.1) is 11.8 Å². The number of rotatable bonds is 11. The monoisotopic (exact) mass is 516 g/mol. The summed E-state index contributed by atoms with van der Waals surface area (Å²) >= 11 is 1.51. The molecule has 0 unspecified atom stereocenters. The average Bonchev–Trinajstić information content (AvgIpc) is 2.88. The van der Waals surface area contributed by atoms with Gasteiger partial charge in [0, 0.05) is 11.0 Å². The van der Waals surface area contributed by atoms with Crippen LogP contribution < -0.4 is 23.8 Å². The molecule has 0 fully saturated rings. The first-order valence-corrected chi connectivity index (χ1v) is 13.4. The topological polar surface area (TPSA) is 94.2 Å². The van der Waals surface area contributed by atoms with Gasteiger partial charge in [0.25, 0.3) is 10.0 Å². The Morgan fingerprint density at radius 1 is 0.943 bits per heavy atom. The molecule has 1 N–H and O–H groups in total. The second kappa shape index (κ2) is 11.9. The molecule has 10 heteroatoms. The SMILES string of the molecule is CCOc1ccc(N(CC(=O)Nc2cc(OC)ccc2OC)S(=O)(=O)c2ccc(SC)cc2)cc1. The number of nitrogens with zero attached hydrogens (tertiary/aromatic N) is 1. The van der Waals surface area contributed by atoms with Gasteiger partial charge in [-0.25, -0.2) is 8.42 Å². The molecule has 0 atom stereocenters. The lowest BCUT2D eigenvalue weighted by molar-refractivity contribution is -0.114. The minimum Gasteiger partial charge on any atom is -0.497 e. The second-order valence-electron chi connectivity index (χ2n) is 7.23. The maximum atomic E-state index is 13.6. The van der Waals surface area contributed by atoms with Crippen LogP contribution in [0.4, 0.5) is 11.4 Å². The van der Waals surface area contributed by atoms with Crippen LogP contribution in [0.5, 0.6) is 17.2 Å². The number of hydrogen-bond donors (Lipinski definition) is 1. The van der Waals surface area contributed by atoms with Crippen LogP contribution in [-0.4, -0.2) is 48.0 Å². The van der Waals surface area contributed by atoms with Crippen molar-refractivity contribution < 1.29 is 27.4 Å². The fraction of sp³-hybridized carbons (Fsp3) is 0.240. The Morgan fingerprint density at radius 2 is 1.60 bits per heavy atom. The van der Waals surface area contributed by atoms with Gasteiger partial charge in [0.15, 0.2) is 0 Å². The first-order chi connectivity index (χ1) is 16.8. The van der Waals surface area contributed by atoms with Gasteiger partial charge in [-0.2, -0.15) is 0 Å². The van der Waals surface area contributed by atoms with Crippen molar-refractivity contribution in [2.24, 2.45) is 0 Å². The van der Waals surface area contributed by atoms with Gasteiger partial charge < -0.3 is 19.5 Å². The molecule has 186 valence electrons. The minimum absolute atomic E-state index is 0.0796. The summed E-state index contributed by atoms with van der Waals surface area (Å²) in [4.78, 5) is 14.1. The number of sulfonamides is 1. The van der Waals surface area contributed by atoms with Crippen molar-refractivity contribution in [2.45, 2.75) is 16.7 Å². The molecule has 3 rings (SSSR count). The molecule has 0 bridgehead atoms. The number of ether oxygens (including phenoxy) is 3. The zero-order valence-corrected chi connectivity index (χ0v) is 21.6. The molecule has 0 heterocycles. The molecule has 0 aliphatic heterocycles. The molecule has 35 heavy (non-hydrogen) atoms. The summed E-state index contributed by atoms with van der Waals surface area (Å²) in [7, 11) is -1.07. The first-order valence-electron chi connectivity index (χ1n) is 10.7. The number of nitrogens with one attached hydrogen (secondary N) is 1. The highest BCUT2D eigenvalue weighted by molar-refractivity contribution is 7.98. The van der Waals surface area contributed by atoms with E-state index in [9.17, 15) is 13.2 Å². The van der Waals surface area contributed by atoms with Gasteiger partial charge in [-0.3, -0.25) is 9.10 Å². The maximum Gasteiger partial charge on any atom is 0.264 e. The molecule has 0 aromatic heterocycles. The summed E-state index contributed by atoms with van der Waals surface area (Å²) in [5.74, 6) is 0.992. The van der Waals surface area contributed by atoms with Crippen molar-refractivity contribution >= 4 is 39.1 Å². The molecule has 1 amide bonds. The predicted molar refractivity (Wildman–Crippen MR) is 139 cm³/mol. The van der Waals surface area contributed by atoms with E-state index in [-0.39, 0.29) is 4.90 Å². The standard InChI is InChI=1S/C25H28N2O6S2/c1-5-33-19-8-6-18(7-9-19)27(35(29,30)22-13-11-21(34-4)12-14-22)17-25(28)26-23-16-20(31-2)10-15-24(23)32-3/h6-16H,5,17H2,1-4H3,(H,26,28). The van der Waals surface area contributed by atoms with Crippen molar-refractivity contribution in [2.75, 3.05) is 43.2 Å². The first kappa shape index (κ1) is 26.2. The van der Waals surface area contributed by atoms with Gasteiger partial charge in [-0.05, 0) is 73.8 Å². The van der Waals surface area contributed by atoms with Crippen LogP contribution in [-0.2, 0) is 14.8 Å². The highest BCUT2D eigenvalue weighted by Gasteiger charge is 2.28. The smallest absolute Gasteiger partial charge is 0.264 e. The van der Waals surface area contributed by atoms with E-state index in [1.807, 2.05) is 13.2 Å². The van der Waals surface area contributed by atoms with Crippen LogP contribution in [0.1, 0.15) is 6.92 Å². The van der Waals surface area contributed by atoms with Gasteiger partial charge in [0.1, 0.15) is 23.8 Å². The lowest BCUT2D eigenvalue weighted by Gasteiger charge is -2.24. The Bertz CT molecular complexity index is 1250. The van der Waals surface area contributed by atoms with E-state index in [2.05, 4.69) is 5.32 Å². The summed E-state index contributed by atoms with van der Waals surface area (Å²) in [5.41, 5.74) is 0.695. The molecule has 8 nitrogen and oxygen atoms in total. The van der Waals surface area contributed by atoms with E-state index in [1.54, 1.807) is 54.6 Å². The van der Waals surface area contributed by atoms with E-state index >= 15 is 0 Å². The van der Waals surface area contributed by atoms with Gasteiger partial charge in [0.05, 0.1) is 37.1 Å². The number of anilines is 2. The molecule has 0 aliphatic carbocycles. The predicted octanol–water partition coefficient (Wildman–Crippen LogP) is 4.66. The molecule has 0 radical (unpaired) electrons. The average molecular weight is 517 g/mol. The zero-order chi connectivity index (χ0) is 25.4. The summed E-state index contributed by atoms with van der Waals surface area (Å²) in [6, 6.07) is 18.0. The molecule has 0 saturated carbocycles. The summed E-state index contributed by atoms with van der Waals surface area (Å²) in [5, 5.41) is 2.73. The highest BCUT2D eigenvalue weighted by atomic mass is 32.2. The Morgan fingerprint density at radius 3 is 2.17 bits per heavy atom. The van der Waals surface area contributed by atoms with Crippen LogP contribution in [0.3, 0.4) is 0 Å². The van der Waals surface area contributed by atoms with E-state index in [4.69, 9.17) is 14.2 Å². The number of amides is 1. The van der Waals surface area contributed by atoms with Crippen LogP contribution in [0.15, 0.2) is 76.5 Å². The third-order valence-corrected chi connectivity index (χ3v) is 7.58. The molecular weight excluding hydrogens is 488 g/mol. The van der Waals surface area contributed by atoms with Crippen LogP contribution in [0.25, 0.3) is 0 Å². The van der Waals surface area contributed by atoms with Gasteiger partial charge >= 0.3 is 0 Å². The van der Waals surface area contributed by atoms with E-state index in [0.717, 1.165) is 9.20 Å². The number of carbonyl (C=O) groups excluding carboxylic acids is 1. The van der Waals surface area contributed by atoms with Crippen molar-refractivity contribution in [3.63, 3.8) is 0 Å². The van der Waals surface area contributed by atoms with E-state index in [1.165, 1.54) is 38.1 Å². The number of benzene rings is 3. The largest absolute Gasteiger partial charge is 0.497 e. The van der Waals surface area contributed by atoms with E-state index in [0.29, 0.717) is 35.2 Å². The van der Waals surface area contributed by atoms with E-state index < -0.39 is 22.5 Å². The summed E-state index contributed by atoms with van der Waals surface area (Å²) in [6.45, 7) is 1.88. The molecule has 3 aromatic rings. The fourth-order valence-electron chi connectivity index (χ4n) is 3.30. The normalized spacial score (nSPS) is 11.0. The molecule has 0 aliphatic rings. The highest BCUT2D eigenvalue weighted by Crippen LogP contribution is 2.30. The fourth-order valence-corrected chi connectivity index (χ4v) is 5.13. The van der Waals surface area contributed by atoms with Crippen molar-refractivity contribution in [3.05, 3.63) is 66.7 Å². The van der Waals surface area contributed by atoms with Crippen LogP contribution >= 0.6 is 11.8 Å². The number of carbonyl (C=O) groups is 1.